The van der Waals surface area contributed by atoms with E-state index in [0.29, 0.717) is 6.04 Å². The molecule has 2 rings (SSSR count). The molecule has 1 heterocycles. The molecular formula is C13H20N2S. The Morgan fingerprint density at radius 3 is 3.06 bits per heavy atom. The maximum absolute atomic E-state index is 5.96. The van der Waals surface area contributed by atoms with Gasteiger partial charge in [0, 0.05) is 22.4 Å². The molecule has 1 atom stereocenters. The van der Waals surface area contributed by atoms with Crippen LogP contribution in [0, 0.1) is 6.92 Å². The van der Waals surface area contributed by atoms with Gasteiger partial charge in [-0.1, -0.05) is 12.5 Å². The van der Waals surface area contributed by atoms with Gasteiger partial charge in [0.2, 0.25) is 0 Å². The molecular weight excluding hydrogens is 216 g/mol. The Hall–Kier alpha value is -0.670. The molecule has 0 saturated carbocycles. The Balaban J connectivity index is 1.90. The number of nitrogens with one attached hydrogen (secondary N) is 1. The number of piperidine rings is 1. The summed E-state index contributed by atoms with van der Waals surface area (Å²) in [5, 5.41) is 3.56. The SMILES string of the molecule is Cc1ccc(N)c(SCC2CCCCN2)c1. The zero-order valence-electron chi connectivity index (χ0n) is 9.83. The van der Waals surface area contributed by atoms with Crippen molar-refractivity contribution in [3.63, 3.8) is 0 Å². The summed E-state index contributed by atoms with van der Waals surface area (Å²) in [6.07, 6.45) is 3.99. The minimum atomic E-state index is 0.665. The number of aryl methyl sites for hydroxylation is 1. The van der Waals surface area contributed by atoms with E-state index in [1.807, 2.05) is 17.8 Å². The van der Waals surface area contributed by atoms with Crippen LogP contribution in [0.3, 0.4) is 0 Å². The van der Waals surface area contributed by atoms with Crippen molar-refractivity contribution in [1.82, 2.24) is 5.32 Å². The minimum Gasteiger partial charge on any atom is -0.398 e. The Morgan fingerprint density at radius 1 is 1.44 bits per heavy atom. The van der Waals surface area contributed by atoms with Crippen LogP contribution in [0.4, 0.5) is 5.69 Å². The van der Waals surface area contributed by atoms with Gasteiger partial charge in [-0.25, -0.2) is 0 Å². The van der Waals surface area contributed by atoms with E-state index in [1.54, 1.807) is 0 Å². The third-order valence-corrected chi connectivity index (χ3v) is 4.26. The number of thioether (sulfide) groups is 1. The second kappa shape index (κ2) is 5.60. The first-order valence-corrected chi connectivity index (χ1v) is 6.96. The number of anilines is 1. The average molecular weight is 236 g/mol. The van der Waals surface area contributed by atoms with Crippen LogP contribution in [0.1, 0.15) is 24.8 Å². The Morgan fingerprint density at radius 2 is 2.31 bits per heavy atom. The van der Waals surface area contributed by atoms with Gasteiger partial charge in [0.15, 0.2) is 0 Å². The molecule has 1 aromatic rings. The van der Waals surface area contributed by atoms with Gasteiger partial charge in [-0.15, -0.1) is 11.8 Å². The second-order valence-corrected chi connectivity index (χ2v) is 5.56. The van der Waals surface area contributed by atoms with E-state index in [0.717, 1.165) is 11.4 Å². The summed E-state index contributed by atoms with van der Waals surface area (Å²) in [7, 11) is 0. The zero-order chi connectivity index (χ0) is 11.4. The monoisotopic (exact) mass is 236 g/mol. The van der Waals surface area contributed by atoms with Crippen LogP contribution in [0.25, 0.3) is 0 Å². The summed E-state index contributed by atoms with van der Waals surface area (Å²) in [5.41, 5.74) is 8.16. The number of hydrogen-bond acceptors (Lipinski definition) is 3. The molecule has 0 aromatic heterocycles. The molecule has 1 aromatic carbocycles. The van der Waals surface area contributed by atoms with Gasteiger partial charge in [0.25, 0.3) is 0 Å². The van der Waals surface area contributed by atoms with Crippen molar-refractivity contribution in [2.75, 3.05) is 18.0 Å². The van der Waals surface area contributed by atoms with Crippen molar-refractivity contribution in [3.05, 3.63) is 23.8 Å². The summed E-state index contributed by atoms with van der Waals surface area (Å²) < 4.78 is 0. The molecule has 1 aliphatic heterocycles. The molecule has 1 saturated heterocycles. The number of hydrogen-bond donors (Lipinski definition) is 2. The van der Waals surface area contributed by atoms with E-state index < -0.39 is 0 Å². The van der Waals surface area contributed by atoms with Crippen LogP contribution in [-0.4, -0.2) is 18.3 Å². The van der Waals surface area contributed by atoms with Crippen LogP contribution in [-0.2, 0) is 0 Å². The molecule has 3 heteroatoms. The first kappa shape index (κ1) is 11.8. The lowest BCUT2D eigenvalue weighted by molar-refractivity contribution is 0.430. The Labute approximate surface area is 102 Å². The molecule has 3 N–H and O–H groups in total. The molecule has 0 radical (unpaired) electrons. The van der Waals surface area contributed by atoms with E-state index in [2.05, 4.69) is 24.4 Å². The number of nitrogens with two attached hydrogens (primary N) is 1. The third kappa shape index (κ3) is 3.16. The van der Waals surface area contributed by atoms with Crippen molar-refractivity contribution in [3.8, 4) is 0 Å². The van der Waals surface area contributed by atoms with Crippen LogP contribution in [0.2, 0.25) is 0 Å². The zero-order valence-corrected chi connectivity index (χ0v) is 10.6. The van der Waals surface area contributed by atoms with E-state index in [1.165, 1.54) is 36.3 Å². The molecule has 1 aliphatic rings. The average Bonchev–Trinajstić information content (AvgIpc) is 2.32. The first-order valence-electron chi connectivity index (χ1n) is 5.98. The summed E-state index contributed by atoms with van der Waals surface area (Å²) >= 11 is 1.88. The molecule has 88 valence electrons. The Kier molecular flexibility index (Phi) is 4.13. The maximum atomic E-state index is 5.96. The molecule has 0 aliphatic carbocycles. The predicted octanol–water partition coefficient (Wildman–Crippen LogP) is 2.81. The largest absolute Gasteiger partial charge is 0.398 e. The highest BCUT2D eigenvalue weighted by Gasteiger charge is 2.13. The van der Waals surface area contributed by atoms with Gasteiger partial charge in [0.1, 0.15) is 0 Å². The fourth-order valence-electron chi connectivity index (χ4n) is 2.02. The van der Waals surface area contributed by atoms with Gasteiger partial charge in [-0.3, -0.25) is 0 Å². The van der Waals surface area contributed by atoms with Crippen molar-refractivity contribution < 1.29 is 0 Å². The smallest absolute Gasteiger partial charge is 0.0452 e. The summed E-state index contributed by atoms with van der Waals surface area (Å²) in [6.45, 7) is 3.29. The van der Waals surface area contributed by atoms with Gasteiger partial charge >= 0.3 is 0 Å². The summed E-state index contributed by atoms with van der Waals surface area (Å²) in [6, 6.07) is 6.92. The lowest BCUT2D eigenvalue weighted by Gasteiger charge is -2.23. The number of nitrogen functional groups attached to an aromatic ring is 1. The third-order valence-electron chi connectivity index (χ3n) is 3.02. The highest BCUT2D eigenvalue weighted by atomic mass is 32.2. The molecule has 1 unspecified atom stereocenters. The fourth-order valence-corrected chi connectivity index (χ4v) is 3.19. The highest BCUT2D eigenvalue weighted by molar-refractivity contribution is 7.99. The van der Waals surface area contributed by atoms with Gasteiger partial charge in [-0.2, -0.15) is 0 Å². The van der Waals surface area contributed by atoms with Crippen LogP contribution in [0.5, 0.6) is 0 Å². The first-order chi connectivity index (χ1) is 7.75. The molecule has 2 nitrogen and oxygen atoms in total. The molecule has 16 heavy (non-hydrogen) atoms. The standard InChI is InChI=1S/C13H20N2S/c1-10-5-6-12(14)13(8-10)16-9-11-4-2-3-7-15-11/h5-6,8,11,15H,2-4,7,9,14H2,1H3. The van der Waals surface area contributed by atoms with E-state index in [9.17, 15) is 0 Å². The van der Waals surface area contributed by atoms with Crippen LogP contribution < -0.4 is 11.1 Å². The molecule has 0 bridgehead atoms. The highest BCUT2D eigenvalue weighted by Crippen LogP contribution is 2.27. The minimum absolute atomic E-state index is 0.665. The second-order valence-electron chi connectivity index (χ2n) is 4.50. The Bertz CT molecular complexity index is 346. The lowest BCUT2D eigenvalue weighted by Crippen LogP contribution is -2.35. The van der Waals surface area contributed by atoms with Gasteiger partial charge in [-0.05, 0) is 44.0 Å². The van der Waals surface area contributed by atoms with Crippen molar-refractivity contribution in [2.45, 2.75) is 37.1 Å². The molecule has 0 amide bonds. The van der Waals surface area contributed by atoms with E-state index >= 15 is 0 Å². The van der Waals surface area contributed by atoms with Crippen molar-refractivity contribution >= 4 is 17.4 Å². The maximum Gasteiger partial charge on any atom is 0.0452 e. The van der Waals surface area contributed by atoms with E-state index in [-0.39, 0.29) is 0 Å². The number of benzene rings is 1. The van der Waals surface area contributed by atoms with Gasteiger partial charge < -0.3 is 11.1 Å². The lowest BCUT2D eigenvalue weighted by atomic mass is 10.1. The molecule has 0 spiro atoms. The summed E-state index contributed by atoms with van der Waals surface area (Å²) in [5.74, 6) is 1.13. The van der Waals surface area contributed by atoms with Crippen molar-refractivity contribution in [2.24, 2.45) is 0 Å². The fraction of sp³-hybridized carbons (Fsp3) is 0.538. The summed E-state index contributed by atoms with van der Waals surface area (Å²) in [4.78, 5) is 1.23. The van der Waals surface area contributed by atoms with Crippen molar-refractivity contribution in [1.29, 1.82) is 0 Å². The quantitative estimate of drug-likeness (QED) is 0.626. The predicted molar refractivity (Wildman–Crippen MR) is 72.0 cm³/mol. The van der Waals surface area contributed by atoms with Crippen LogP contribution >= 0.6 is 11.8 Å². The number of rotatable bonds is 3. The van der Waals surface area contributed by atoms with E-state index in [4.69, 9.17) is 5.73 Å². The van der Waals surface area contributed by atoms with Crippen LogP contribution in [0.15, 0.2) is 23.1 Å². The topological polar surface area (TPSA) is 38.0 Å². The molecule has 1 fully saturated rings. The normalized spacial score (nSPS) is 20.9. The van der Waals surface area contributed by atoms with Gasteiger partial charge in [0.05, 0.1) is 0 Å².